The summed E-state index contributed by atoms with van der Waals surface area (Å²) >= 11 is 7.75. The largest absolute Gasteiger partial charge is 0.229 e. The van der Waals surface area contributed by atoms with E-state index in [4.69, 9.17) is 11.6 Å². The molecule has 0 aliphatic heterocycles. The average molecular weight is 307 g/mol. The molecule has 0 atom stereocenters. The maximum atomic E-state index is 6.12. The molecule has 0 N–H and O–H groups in total. The van der Waals surface area contributed by atoms with Crippen molar-refractivity contribution in [2.75, 3.05) is 0 Å². The van der Waals surface area contributed by atoms with Crippen LogP contribution in [0.15, 0.2) is 40.5 Å². The van der Waals surface area contributed by atoms with Gasteiger partial charge in [-0.1, -0.05) is 63.2 Å². The Balaban J connectivity index is 2.25. The summed E-state index contributed by atoms with van der Waals surface area (Å²) in [5.41, 5.74) is 2.52. The van der Waals surface area contributed by atoms with Gasteiger partial charge in [-0.15, -0.1) is 0 Å². The van der Waals surface area contributed by atoms with Gasteiger partial charge in [0.15, 0.2) is 0 Å². The Hall–Kier alpha value is -1.06. The van der Waals surface area contributed by atoms with Crippen LogP contribution in [0.3, 0.4) is 0 Å². The van der Waals surface area contributed by atoms with Crippen molar-refractivity contribution >= 4 is 23.4 Å². The van der Waals surface area contributed by atoms with Crippen LogP contribution in [0.4, 0.5) is 0 Å². The maximum Gasteiger partial charge on any atom is 0.136 e. The van der Waals surface area contributed by atoms with Crippen molar-refractivity contribution < 1.29 is 0 Å². The van der Waals surface area contributed by atoms with Crippen LogP contribution in [-0.4, -0.2) is 9.97 Å². The highest BCUT2D eigenvalue weighted by atomic mass is 35.5. The molecule has 0 fully saturated rings. The minimum absolute atomic E-state index is 0.177. The van der Waals surface area contributed by atoms with E-state index in [1.54, 1.807) is 11.8 Å². The fourth-order valence-corrected chi connectivity index (χ4v) is 3.18. The molecule has 2 rings (SSSR count). The highest BCUT2D eigenvalue weighted by Crippen LogP contribution is 2.32. The van der Waals surface area contributed by atoms with Crippen molar-refractivity contribution in [2.45, 2.75) is 49.5 Å². The lowest BCUT2D eigenvalue weighted by Crippen LogP contribution is -2.10. The molecule has 0 aliphatic carbocycles. The van der Waals surface area contributed by atoms with Gasteiger partial charge in [-0.25, -0.2) is 9.97 Å². The lowest BCUT2D eigenvalue weighted by molar-refractivity contribution is 0.590. The number of hydrogen-bond donors (Lipinski definition) is 0. The van der Waals surface area contributed by atoms with E-state index in [0.717, 1.165) is 17.0 Å². The molecular weight excluding hydrogens is 288 g/mol. The van der Waals surface area contributed by atoms with Gasteiger partial charge >= 0.3 is 0 Å². The Morgan fingerprint density at radius 3 is 2.30 bits per heavy atom. The number of halogens is 1. The molecule has 0 saturated heterocycles. The third-order valence-corrected chi connectivity index (χ3v) is 4.52. The van der Waals surface area contributed by atoms with E-state index in [9.17, 15) is 0 Å². The molecule has 0 unspecified atom stereocenters. The first-order valence-corrected chi connectivity index (χ1v) is 7.89. The molecule has 0 radical (unpaired) electrons. The Morgan fingerprint density at radius 2 is 1.75 bits per heavy atom. The molecule has 2 nitrogen and oxygen atoms in total. The zero-order valence-corrected chi connectivity index (χ0v) is 13.8. The summed E-state index contributed by atoms with van der Waals surface area (Å²) in [7, 11) is 0. The van der Waals surface area contributed by atoms with Crippen molar-refractivity contribution in [2.24, 2.45) is 0 Å². The Kier molecular flexibility index (Phi) is 4.71. The van der Waals surface area contributed by atoms with Gasteiger partial charge in [-0.3, -0.25) is 0 Å². The van der Waals surface area contributed by atoms with Crippen LogP contribution in [-0.2, 0) is 11.8 Å². The monoisotopic (exact) mass is 306 g/mol. The third kappa shape index (κ3) is 3.53. The second-order valence-corrected chi connectivity index (χ2v) is 7.10. The highest BCUT2D eigenvalue weighted by molar-refractivity contribution is 7.99. The normalized spacial score (nSPS) is 11.7. The Morgan fingerprint density at radius 1 is 1.10 bits per heavy atom. The van der Waals surface area contributed by atoms with Gasteiger partial charge in [0, 0.05) is 10.5 Å². The number of benzene rings is 1. The molecule has 4 heteroatoms. The van der Waals surface area contributed by atoms with Crippen molar-refractivity contribution in [3.05, 3.63) is 46.9 Å². The molecule has 0 bridgehead atoms. The predicted octanol–water partition coefficient (Wildman–Crippen LogP) is 5.14. The van der Waals surface area contributed by atoms with Crippen LogP contribution in [0.2, 0.25) is 5.15 Å². The van der Waals surface area contributed by atoms with Gasteiger partial charge in [-0.05, 0) is 29.5 Å². The average Bonchev–Trinajstić information content (AvgIpc) is 2.38. The number of rotatable bonds is 3. The van der Waals surface area contributed by atoms with Crippen molar-refractivity contribution in [1.29, 1.82) is 0 Å². The van der Waals surface area contributed by atoms with E-state index >= 15 is 0 Å². The van der Waals surface area contributed by atoms with Crippen molar-refractivity contribution in [3.63, 3.8) is 0 Å². The minimum Gasteiger partial charge on any atom is -0.229 e. The maximum absolute atomic E-state index is 6.12. The van der Waals surface area contributed by atoms with Crippen LogP contribution in [0.1, 0.15) is 38.8 Å². The lowest BCUT2D eigenvalue weighted by Gasteiger charge is -2.19. The Bertz CT molecular complexity index is 588. The number of hydrogen-bond acceptors (Lipinski definition) is 3. The lowest BCUT2D eigenvalue weighted by atomic mass is 9.87. The summed E-state index contributed by atoms with van der Waals surface area (Å²) in [5.74, 6) is 0. The van der Waals surface area contributed by atoms with Gasteiger partial charge < -0.3 is 0 Å². The van der Waals surface area contributed by atoms with Gasteiger partial charge in [0.25, 0.3) is 0 Å². The van der Waals surface area contributed by atoms with Crippen LogP contribution in [0.25, 0.3) is 0 Å². The third-order valence-electron chi connectivity index (χ3n) is 3.14. The van der Waals surface area contributed by atoms with E-state index in [-0.39, 0.29) is 5.41 Å². The first-order valence-electron chi connectivity index (χ1n) is 6.69. The zero-order chi connectivity index (χ0) is 14.8. The SMILES string of the molecule is CCc1c(Cl)ncnc1Sc1ccc(C(C)(C)C)cc1. The van der Waals surface area contributed by atoms with Gasteiger partial charge in [0.1, 0.15) is 16.5 Å². The van der Waals surface area contributed by atoms with E-state index in [1.807, 2.05) is 0 Å². The number of aromatic nitrogens is 2. The number of nitrogens with zero attached hydrogens (tertiary/aromatic N) is 2. The predicted molar refractivity (Wildman–Crippen MR) is 85.7 cm³/mol. The summed E-state index contributed by atoms with van der Waals surface area (Å²) in [4.78, 5) is 9.55. The second-order valence-electron chi connectivity index (χ2n) is 5.68. The van der Waals surface area contributed by atoms with E-state index in [2.05, 4.69) is 61.9 Å². The molecule has 106 valence electrons. The molecule has 0 saturated carbocycles. The van der Waals surface area contributed by atoms with Gasteiger partial charge in [-0.2, -0.15) is 0 Å². The summed E-state index contributed by atoms with van der Waals surface area (Å²) < 4.78 is 0. The molecule has 1 heterocycles. The van der Waals surface area contributed by atoms with E-state index < -0.39 is 0 Å². The minimum atomic E-state index is 0.177. The fraction of sp³-hybridized carbons (Fsp3) is 0.375. The van der Waals surface area contributed by atoms with Crippen LogP contribution >= 0.6 is 23.4 Å². The summed E-state index contributed by atoms with van der Waals surface area (Å²) in [6.45, 7) is 8.72. The zero-order valence-electron chi connectivity index (χ0n) is 12.3. The second kappa shape index (κ2) is 6.15. The fourth-order valence-electron chi connectivity index (χ4n) is 1.90. The molecular formula is C16H19ClN2S. The molecule has 1 aromatic carbocycles. The summed E-state index contributed by atoms with van der Waals surface area (Å²) in [6.07, 6.45) is 2.36. The van der Waals surface area contributed by atoms with Crippen molar-refractivity contribution in [1.82, 2.24) is 9.97 Å². The molecule has 0 aliphatic rings. The summed E-state index contributed by atoms with van der Waals surface area (Å²) in [5, 5.41) is 1.49. The van der Waals surface area contributed by atoms with Crippen LogP contribution in [0.5, 0.6) is 0 Å². The van der Waals surface area contributed by atoms with Crippen LogP contribution < -0.4 is 0 Å². The summed E-state index contributed by atoms with van der Waals surface area (Å²) in [6, 6.07) is 8.63. The standard InChI is InChI=1S/C16H19ClN2S/c1-5-13-14(17)18-10-19-15(13)20-12-8-6-11(7-9-12)16(2,3)4/h6-10H,5H2,1-4H3. The molecule has 1 aromatic heterocycles. The highest BCUT2D eigenvalue weighted by Gasteiger charge is 2.14. The molecule has 20 heavy (non-hydrogen) atoms. The smallest absolute Gasteiger partial charge is 0.136 e. The molecule has 0 amide bonds. The molecule has 2 aromatic rings. The van der Waals surface area contributed by atoms with Gasteiger partial charge in [0.05, 0.1) is 0 Å². The quantitative estimate of drug-likeness (QED) is 0.734. The van der Waals surface area contributed by atoms with Gasteiger partial charge in [0.2, 0.25) is 0 Å². The topological polar surface area (TPSA) is 25.8 Å². The van der Waals surface area contributed by atoms with E-state index in [0.29, 0.717) is 5.15 Å². The molecule has 0 spiro atoms. The van der Waals surface area contributed by atoms with Crippen molar-refractivity contribution in [3.8, 4) is 0 Å². The first kappa shape index (κ1) is 15.3. The first-order chi connectivity index (χ1) is 9.41. The Labute approximate surface area is 130 Å². The van der Waals surface area contributed by atoms with Crippen LogP contribution in [0, 0.1) is 0 Å². The van der Waals surface area contributed by atoms with E-state index in [1.165, 1.54) is 16.8 Å².